The van der Waals surface area contributed by atoms with Crippen LogP contribution in [0.2, 0.25) is 0 Å². The zero-order valence-corrected chi connectivity index (χ0v) is 10.0. The Kier molecular flexibility index (Phi) is 3.29. The molecule has 82 valence electrons. The predicted molar refractivity (Wildman–Crippen MR) is 65.0 cm³/mol. The SMILES string of the molecule is CC(C)(C)Sc1c(N)cccc1C(N)=O. The summed E-state index contributed by atoms with van der Waals surface area (Å²) in [5, 5.41) is 0. The van der Waals surface area contributed by atoms with Crippen LogP contribution >= 0.6 is 11.8 Å². The molecule has 0 aliphatic heterocycles. The molecule has 0 aromatic heterocycles. The van der Waals surface area contributed by atoms with Crippen molar-refractivity contribution in [2.75, 3.05) is 5.73 Å². The van der Waals surface area contributed by atoms with Gasteiger partial charge >= 0.3 is 0 Å². The summed E-state index contributed by atoms with van der Waals surface area (Å²) in [6.07, 6.45) is 0. The minimum Gasteiger partial charge on any atom is -0.398 e. The van der Waals surface area contributed by atoms with Gasteiger partial charge < -0.3 is 11.5 Å². The Morgan fingerprint density at radius 2 is 1.93 bits per heavy atom. The smallest absolute Gasteiger partial charge is 0.249 e. The maximum absolute atomic E-state index is 11.2. The molecule has 0 aliphatic carbocycles. The second-order valence-electron chi connectivity index (χ2n) is 4.30. The molecule has 4 heteroatoms. The van der Waals surface area contributed by atoms with Crippen LogP contribution in [0.5, 0.6) is 0 Å². The summed E-state index contributed by atoms with van der Waals surface area (Å²) >= 11 is 1.56. The van der Waals surface area contributed by atoms with Gasteiger partial charge in [0.15, 0.2) is 0 Å². The third-order valence-corrected chi connectivity index (χ3v) is 2.99. The molecule has 1 amide bonds. The highest BCUT2D eigenvalue weighted by molar-refractivity contribution is 8.00. The van der Waals surface area contributed by atoms with Crippen molar-refractivity contribution in [3.8, 4) is 0 Å². The first-order valence-corrected chi connectivity index (χ1v) is 5.50. The number of hydrogen-bond acceptors (Lipinski definition) is 3. The zero-order chi connectivity index (χ0) is 11.6. The van der Waals surface area contributed by atoms with E-state index in [0.29, 0.717) is 11.3 Å². The molecule has 0 saturated heterocycles. The van der Waals surface area contributed by atoms with Gasteiger partial charge in [-0.3, -0.25) is 4.79 Å². The number of carbonyl (C=O) groups excluding carboxylic acids is 1. The van der Waals surface area contributed by atoms with Crippen molar-refractivity contribution in [2.24, 2.45) is 5.73 Å². The summed E-state index contributed by atoms with van der Waals surface area (Å²) in [6, 6.07) is 5.22. The second-order valence-corrected chi connectivity index (χ2v) is 6.14. The van der Waals surface area contributed by atoms with E-state index in [9.17, 15) is 4.79 Å². The summed E-state index contributed by atoms with van der Waals surface area (Å²) in [7, 11) is 0. The first-order chi connectivity index (χ1) is 6.81. The minimum absolute atomic E-state index is 0.000324. The molecule has 0 aliphatic rings. The van der Waals surface area contributed by atoms with Gasteiger partial charge in [0.2, 0.25) is 5.91 Å². The molecule has 0 fully saturated rings. The molecule has 0 unspecified atom stereocenters. The van der Waals surface area contributed by atoms with E-state index in [1.54, 1.807) is 30.0 Å². The number of hydrogen-bond donors (Lipinski definition) is 2. The number of nitrogens with two attached hydrogens (primary N) is 2. The molecule has 1 aromatic carbocycles. The lowest BCUT2D eigenvalue weighted by atomic mass is 10.2. The first-order valence-electron chi connectivity index (χ1n) is 4.68. The van der Waals surface area contributed by atoms with Crippen molar-refractivity contribution in [3.05, 3.63) is 23.8 Å². The quantitative estimate of drug-likeness (QED) is 0.598. The van der Waals surface area contributed by atoms with Gasteiger partial charge in [0.1, 0.15) is 0 Å². The standard InChI is InChI=1S/C11H16N2OS/c1-11(2,3)15-9-7(10(13)14)5-4-6-8(9)12/h4-6H,12H2,1-3H3,(H2,13,14). The van der Waals surface area contributed by atoms with Gasteiger partial charge in [-0.1, -0.05) is 26.8 Å². The van der Waals surface area contributed by atoms with Crippen LogP contribution in [0.1, 0.15) is 31.1 Å². The third kappa shape index (κ3) is 3.16. The number of thioether (sulfide) groups is 1. The lowest BCUT2D eigenvalue weighted by Gasteiger charge is -2.20. The number of primary amides is 1. The minimum atomic E-state index is -0.436. The van der Waals surface area contributed by atoms with Crippen LogP contribution in [-0.4, -0.2) is 10.7 Å². The van der Waals surface area contributed by atoms with Crippen LogP contribution in [0.4, 0.5) is 5.69 Å². The van der Waals surface area contributed by atoms with Gasteiger partial charge in [0, 0.05) is 15.3 Å². The molecule has 0 radical (unpaired) electrons. The molecule has 1 aromatic rings. The highest BCUT2D eigenvalue weighted by Gasteiger charge is 2.18. The average molecular weight is 224 g/mol. The number of nitrogen functional groups attached to an aromatic ring is 1. The Morgan fingerprint density at radius 1 is 1.33 bits per heavy atom. The maximum atomic E-state index is 11.2. The molecule has 0 bridgehead atoms. The van der Waals surface area contributed by atoms with E-state index in [4.69, 9.17) is 11.5 Å². The van der Waals surface area contributed by atoms with E-state index in [2.05, 4.69) is 20.8 Å². The molecule has 0 spiro atoms. The van der Waals surface area contributed by atoms with Crippen molar-refractivity contribution in [2.45, 2.75) is 30.4 Å². The molecular formula is C11H16N2OS. The fraction of sp³-hybridized carbons (Fsp3) is 0.364. The normalized spacial score (nSPS) is 11.4. The van der Waals surface area contributed by atoms with Crippen LogP contribution in [0, 0.1) is 0 Å². The number of benzene rings is 1. The molecule has 0 heterocycles. The lowest BCUT2D eigenvalue weighted by Crippen LogP contribution is -2.15. The van der Waals surface area contributed by atoms with E-state index in [1.807, 2.05) is 0 Å². The number of carbonyl (C=O) groups is 1. The van der Waals surface area contributed by atoms with Gasteiger partial charge in [-0.2, -0.15) is 0 Å². The molecule has 4 N–H and O–H groups in total. The zero-order valence-electron chi connectivity index (χ0n) is 9.20. The van der Waals surface area contributed by atoms with Crippen molar-refractivity contribution < 1.29 is 4.79 Å². The van der Waals surface area contributed by atoms with Gasteiger partial charge in [0.25, 0.3) is 0 Å². The fourth-order valence-corrected chi connectivity index (χ4v) is 2.25. The number of anilines is 1. The molecule has 0 saturated carbocycles. The molecule has 0 atom stereocenters. The van der Waals surface area contributed by atoms with Crippen LogP contribution in [-0.2, 0) is 0 Å². The lowest BCUT2D eigenvalue weighted by molar-refractivity contribution is 0.0997. The van der Waals surface area contributed by atoms with E-state index in [0.717, 1.165) is 4.90 Å². The van der Waals surface area contributed by atoms with Crippen LogP contribution in [0.3, 0.4) is 0 Å². The number of rotatable bonds is 2. The Labute approximate surface area is 94.2 Å². The fourth-order valence-electron chi connectivity index (χ4n) is 1.17. The Hall–Kier alpha value is -1.16. The molecule has 15 heavy (non-hydrogen) atoms. The second kappa shape index (κ2) is 4.14. The van der Waals surface area contributed by atoms with Gasteiger partial charge in [-0.05, 0) is 12.1 Å². The summed E-state index contributed by atoms with van der Waals surface area (Å²) in [4.78, 5) is 12.0. The summed E-state index contributed by atoms with van der Waals surface area (Å²) in [5.74, 6) is -0.436. The van der Waals surface area contributed by atoms with Crippen LogP contribution < -0.4 is 11.5 Å². The highest BCUT2D eigenvalue weighted by Crippen LogP contribution is 2.37. The Morgan fingerprint density at radius 3 is 2.40 bits per heavy atom. The monoisotopic (exact) mass is 224 g/mol. The largest absolute Gasteiger partial charge is 0.398 e. The Bertz CT molecular complexity index is 383. The Balaban J connectivity index is 3.19. The molecule has 3 nitrogen and oxygen atoms in total. The third-order valence-electron chi connectivity index (χ3n) is 1.72. The van der Waals surface area contributed by atoms with E-state index < -0.39 is 5.91 Å². The van der Waals surface area contributed by atoms with Crippen molar-refractivity contribution in [1.82, 2.24) is 0 Å². The topological polar surface area (TPSA) is 69.1 Å². The first kappa shape index (κ1) is 11.9. The molecular weight excluding hydrogens is 208 g/mol. The maximum Gasteiger partial charge on any atom is 0.249 e. The van der Waals surface area contributed by atoms with Crippen molar-refractivity contribution in [3.63, 3.8) is 0 Å². The van der Waals surface area contributed by atoms with E-state index in [-0.39, 0.29) is 4.75 Å². The van der Waals surface area contributed by atoms with Gasteiger partial charge in [-0.15, -0.1) is 11.8 Å². The average Bonchev–Trinajstić information content (AvgIpc) is 2.05. The summed E-state index contributed by atoms with van der Waals surface area (Å²) < 4.78 is -0.000324. The van der Waals surface area contributed by atoms with Gasteiger partial charge in [-0.25, -0.2) is 0 Å². The van der Waals surface area contributed by atoms with Gasteiger partial charge in [0.05, 0.1) is 5.56 Å². The number of amides is 1. The van der Waals surface area contributed by atoms with E-state index >= 15 is 0 Å². The highest BCUT2D eigenvalue weighted by atomic mass is 32.2. The van der Waals surface area contributed by atoms with E-state index in [1.165, 1.54) is 0 Å². The molecule has 1 rings (SSSR count). The van der Waals surface area contributed by atoms with Crippen molar-refractivity contribution >= 4 is 23.4 Å². The summed E-state index contributed by atoms with van der Waals surface area (Å²) in [6.45, 7) is 6.19. The van der Waals surface area contributed by atoms with Crippen LogP contribution in [0.25, 0.3) is 0 Å². The van der Waals surface area contributed by atoms with Crippen molar-refractivity contribution in [1.29, 1.82) is 0 Å². The summed E-state index contributed by atoms with van der Waals surface area (Å²) in [5.41, 5.74) is 12.2. The predicted octanol–water partition coefficient (Wildman–Crippen LogP) is 2.26. The van der Waals surface area contributed by atoms with Crippen LogP contribution in [0.15, 0.2) is 23.1 Å².